The number of ether oxygens (including phenoxy) is 1. The molecule has 0 atom stereocenters. The van der Waals surface area contributed by atoms with Gasteiger partial charge in [-0.2, -0.15) is 13.2 Å². The van der Waals surface area contributed by atoms with E-state index in [1.54, 1.807) is 0 Å². The number of nitrogens with one attached hydrogen (secondary N) is 2. The summed E-state index contributed by atoms with van der Waals surface area (Å²) in [5, 5.41) is 2.26. The lowest BCUT2D eigenvalue weighted by molar-refractivity contribution is -0.138. The van der Waals surface area contributed by atoms with Crippen LogP contribution in [-0.4, -0.2) is 28.5 Å². The van der Waals surface area contributed by atoms with Crippen LogP contribution in [0.4, 0.5) is 17.6 Å². The zero-order valence-corrected chi connectivity index (χ0v) is 15.5. The van der Waals surface area contributed by atoms with E-state index in [0.717, 1.165) is 18.2 Å². The van der Waals surface area contributed by atoms with Gasteiger partial charge in [0.1, 0.15) is 16.5 Å². The van der Waals surface area contributed by atoms with Gasteiger partial charge in [-0.1, -0.05) is 6.07 Å². The van der Waals surface area contributed by atoms with Crippen LogP contribution in [0, 0.1) is 5.82 Å². The molecule has 2 rings (SSSR count). The van der Waals surface area contributed by atoms with E-state index >= 15 is 0 Å². The lowest BCUT2D eigenvalue weighted by atomic mass is 10.1. The van der Waals surface area contributed by atoms with E-state index in [1.165, 1.54) is 26.3 Å². The molecule has 11 heteroatoms. The minimum atomic E-state index is -4.80. The second-order valence-electron chi connectivity index (χ2n) is 5.56. The Morgan fingerprint density at radius 1 is 1.14 bits per heavy atom. The molecule has 0 aliphatic rings. The summed E-state index contributed by atoms with van der Waals surface area (Å²) in [6, 6.07) is 5.66. The molecule has 0 fully saturated rings. The Balaban J connectivity index is 2.29. The van der Waals surface area contributed by atoms with Crippen LogP contribution in [-0.2, 0) is 22.7 Å². The molecule has 2 N–H and O–H groups in total. The molecule has 0 aliphatic carbocycles. The van der Waals surface area contributed by atoms with Crippen LogP contribution in [0.15, 0.2) is 41.3 Å². The van der Waals surface area contributed by atoms with Crippen LogP contribution >= 0.6 is 0 Å². The molecule has 0 aliphatic heterocycles. The molecule has 0 heterocycles. The smallest absolute Gasteiger partial charge is 0.416 e. The number of alkyl halides is 3. The Bertz CT molecular complexity index is 991. The van der Waals surface area contributed by atoms with Crippen molar-refractivity contribution in [2.75, 3.05) is 14.2 Å². The summed E-state index contributed by atoms with van der Waals surface area (Å²) in [6.45, 7) is -0.534. The summed E-state index contributed by atoms with van der Waals surface area (Å²) in [6.07, 6.45) is -4.80. The van der Waals surface area contributed by atoms with Crippen LogP contribution in [0.1, 0.15) is 21.5 Å². The topological polar surface area (TPSA) is 84.5 Å². The Morgan fingerprint density at radius 2 is 1.82 bits per heavy atom. The molecular formula is C17H16F4N2O4S. The number of benzene rings is 2. The number of amides is 1. The van der Waals surface area contributed by atoms with Gasteiger partial charge in [-0.15, -0.1) is 0 Å². The van der Waals surface area contributed by atoms with E-state index in [-0.39, 0.29) is 21.8 Å². The summed E-state index contributed by atoms with van der Waals surface area (Å²) in [5.74, 6) is -1.88. The molecule has 152 valence electrons. The Hall–Kier alpha value is -2.66. The van der Waals surface area contributed by atoms with Crippen LogP contribution in [0.25, 0.3) is 0 Å². The summed E-state index contributed by atoms with van der Waals surface area (Å²) < 4.78 is 83.3. The lowest BCUT2D eigenvalue weighted by Gasteiger charge is -2.14. The first-order valence-corrected chi connectivity index (χ1v) is 9.23. The Morgan fingerprint density at radius 3 is 2.39 bits per heavy atom. The standard InChI is InChI=1S/C17H16F4N2O4S/c1-22-28(25,26)15-7-10(4-6-14(15)27-2)16(24)23-9-11-3-5-12(18)8-13(11)17(19,20)21/h3-8,22H,9H2,1-2H3,(H,23,24). The normalized spacial score (nSPS) is 11.9. The molecule has 28 heavy (non-hydrogen) atoms. The summed E-state index contributed by atoms with van der Waals surface area (Å²) >= 11 is 0. The second kappa shape index (κ2) is 8.15. The highest BCUT2D eigenvalue weighted by Gasteiger charge is 2.33. The van der Waals surface area contributed by atoms with Crippen molar-refractivity contribution in [3.8, 4) is 5.75 Å². The molecule has 0 saturated carbocycles. The monoisotopic (exact) mass is 420 g/mol. The van der Waals surface area contributed by atoms with Gasteiger partial charge in [0.15, 0.2) is 0 Å². The van der Waals surface area contributed by atoms with E-state index in [2.05, 4.69) is 10.0 Å². The van der Waals surface area contributed by atoms with E-state index < -0.39 is 40.0 Å². The van der Waals surface area contributed by atoms with Crippen molar-refractivity contribution in [1.29, 1.82) is 0 Å². The van der Waals surface area contributed by atoms with Crippen LogP contribution in [0.2, 0.25) is 0 Å². The lowest BCUT2D eigenvalue weighted by Crippen LogP contribution is -2.25. The van der Waals surface area contributed by atoms with Crippen molar-refractivity contribution < 1.29 is 35.5 Å². The van der Waals surface area contributed by atoms with Crippen molar-refractivity contribution >= 4 is 15.9 Å². The van der Waals surface area contributed by atoms with Crippen LogP contribution < -0.4 is 14.8 Å². The average molecular weight is 420 g/mol. The van der Waals surface area contributed by atoms with E-state index in [4.69, 9.17) is 4.74 Å². The third kappa shape index (κ3) is 4.78. The quantitative estimate of drug-likeness (QED) is 0.704. The SMILES string of the molecule is CNS(=O)(=O)c1cc(C(=O)NCc2ccc(F)cc2C(F)(F)F)ccc1OC. The van der Waals surface area contributed by atoms with Crippen molar-refractivity contribution in [2.45, 2.75) is 17.6 Å². The highest BCUT2D eigenvalue weighted by Crippen LogP contribution is 2.32. The number of rotatable bonds is 6. The fraction of sp³-hybridized carbons (Fsp3) is 0.235. The average Bonchev–Trinajstić information content (AvgIpc) is 2.65. The van der Waals surface area contributed by atoms with Crippen LogP contribution in [0.3, 0.4) is 0 Å². The van der Waals surface area contributed by atoms with Crippen LogP contribution in [0.5, 0.6) is 5.75 Å². The third-order valence-corrected chi connectivity index (χ3v) is 5.24. The molecule has 0 unspecified atom stereocenters. The van der Waals surface area contributed by atoms with Gasteiger partial charge in [0, 0.05) is 12.1 Å². The number of halogens is 4. The Labute approximate surface area is 158 Å². The zero-order valence-electron chi connectivity index (χ0n) is 14.7. The highest BCUT2D eigenvalue weighted by molar-refractivity contribution is 7.89. The zero-order chi connectivity index (χ0) is 21.1. The number of sulfonamides is 1. The molecule has 0 spiro atoms. The summed E-state index contributed by atoms with van der Waals surface area (Å²) in [5.41, 5.74) is -1.65. The maximum Gasteiger partial charge on any atom is 0.416 e. The van der Waals surface area contributed by atoms with Gasteiger partial charge in [-0.25, -0.2) is 17.5 Å². The minimum Gasteiger partial charge on any atom is -0.495 e. The number of hydrogen-bond donors (Lipinski definition) is 2. The van der Waals surface area contributed by atoms with Crippen molar-refractivity contribution in [3.05, 3.63) is 58.9 Å². The van der Waals surface area contributed by atoms with Crippen molar-refractivity contribution in [1.82, 2.24) is 10.0 Å². The first-order valence-electron chi connectivity index (χ1n) is 7.75. The van der Waals surface area contributed by atoms with Crippen molar-refractivity contribution in [2.24, 2.45) is 0 Å². The largest absolute Gasteiger partial charge is 0.495 e. The molecule has 6 nitrogen and oxygen atoms in total. The van der Waals surface area contributed by atoms with Gasteiger partial charge >= 0.3 is 6.18 Å². The molecule has 2 aromatic carbocycles. The van der Waals surface area contributed by atoms with Gasteiger partial charge in [0.2, 0.25) is 10.0 Å². The third-order valence-electron chi connectivity index (χ3n) is 3.80. The van der Waals surface area contributed by atoms with E-state index in [0.29, 0.717) is 6.07 Å². The van der Waals surface area contributed by atoms with Gasteiger partial charge < -0.3 is 10.1 Å². The fourth-order valence-electron chi connectivity index (χ4n) is 2.38. The molecule has 0 aromatic heterocycles. The van der Waals surface area contributed by atoms with E-state index in [9.17, 15) is 30.8 Å². The number of hydrogen-bond acceptors (Lipinski definition) is 4. The molecular weight excluding hydrogens is 404 g/mol. The molecule has 0 radical (unpaired) electrons. The van der Waals surface area contributed by atoms with Gasteiger partial charge in [0.25, 0.3) is 5.91 Å². The minimum absolute atomic E-state index is 0.0104. The van der Waals surface area contributed by atoms with E-state index in [1.807, 2.05) is 0 Å². The predicted octanol–water partition coefficient (Wildman–Crippen LogP) is 2.69. The first kappa shape index (κ1) is 21.6. The number of carbonyl (C=O) groups is 1. The molecule has 2 aromatic rings. The Kier molecular flexibility index (Phi) is 6.30. The van der Waals surface area contributed by atoms with Crippen molar-refractivity contribution in [3.63, 3.8) is 0 Å². The second-order valence-corrected chi connectivity index (χ2v) is 7.41. The molecule has 0 saturated heterocycles. The maximum absolute atomic E-state index is 13.1. The number of carbonyl (C=O) groups excluding carboxylic acids is 1. The van der Waals surface area contributed by atoms with Gasteiger partial charge in [-0.3, -0.25) is 4.79 Å². The maximum atomic E-state index is 13.1. The predicted molar refractivity (Wildman–Crippen MR) is 91.8 cm³/mol. The number of methoxy groups -OCH3 is 1. The van der Waals surface area contributed by atoms with Gasteiger partial charge in [-0.05, 0) is 42.9 Å². The highest BCUT2D eigenvalue weighted by atomic mass is 32.2. The summed E-state index contributed by atoms with van der Waals surface area (Å²) in [4.78, 5) is 12.0. The summed E-state index contributed by atoms with van der Waals surface area (Å²) in [7, 11) is -1.52. The fourth-order valence-corrected chi connectivity index (χ4v) is 3.30. The first-order chi connectivity index (χ1) is 13.0. The molecule has 1 amide bonds. The van der Waals surface area contributed by atoms with Gasteiger partial charge in [0.05, 0.1) is 12.7 Å². The molecule has 0 bridgehead atoms.